The van der Waals surface area contributed by atoms with Crippen LogP contribution in [-0.2, 0) is 29.0 Å². The number of carbonyl (C=O) groups excluding carboxylic acids is 2. The minimum Gasteiger partial charge on any atom is -0.352 e. The first kappa shape index (κ1) is 27.2. The van der Waals surface area contributed by atoms with Gasteiger partial charge in [0.2, 0.25) is 11.8 Å². The molecule has 1 aliphatic rings. The zero-order chi connectivity index (χ0) is 26.4. The number of benzene rings is 3. The maximum Gasteiger partial charge on any atom is 0.243 e. The van der Waals surface area contributed by atoms with E-state index in [0.29, 0.717) is 22.0 Å². The fraction of sp³-hybridized carbons (Fsp3) is 0.355. The van der Waals surface area contributed by atoms with Crippen molar-refractivity contribution in [2.75, 3.05) is 0 Å². The summed E-state index contributed by atoms with van der Waals surface area (Å²) in [5.41, 5.74) is 4.76. The molecule has 0 saturated heterocycles. The molecule has 1 aliphatic carbocycles. The van der Waals surface area contributed by atoms with Gasteiger partial charge >= 0.3 is 0 Å². The zero-order valence-corrected chi connectivity index (χ0v) is 23.0. The second kappa shape index (κ2) is 12.6. The summed E-state index contributed by atoms with van der Waals surface area (Å²) in [6.45, 7) is 4.20. The average molecular weight is 538 g/mol. The Hall–Kier alpha value is -2.82. The summed E-state index contributed by atoms with van der Waals surface area (Å²) >= 11 is 13.1. The molecule has 1 N–H and O–H groups in total. The molecule has 0 spiro atoms. The van der Waals surface area contributed by atoms with E-state index >= 15 is 0 Å². The SMILES string of the molecule is Cc1cc(C)cc(CC(=O)N(Cc2c(Cl)cccc2Cl)C(Cc2ccccc2)C(=O)NC2CCCC2)c1. The van der Waals surface area contributed by atoms with Gasteiger partial charge in [-0.3, -0.25) is 9.59 Å². The highest BCUT2D eigenvalue weighted by Crippen LogP contribution is 2.28. The highest BCUT2D eigenvalue weighted by Gasteiger charge is 2.33. The molecule has 0 aromatic heterocycles. The number of amides is 2. The van der Waals surface area contributed by atoms with Gasteiger partial charge in [0.1, 0.15) is 6.04 Å². The second-order valence-corrected chi connectivity index (χ2v) is 10.9. The fourth-order valence-electron chi connectivity index (χ4n) is 5.22. The smallest absolute Gasteiger partial charge is 0.243 e. The third kappa shape index (κ3) is 7.37. The molecule has 1 atom stereocenters. The Morgan fingerprint density at radius 3 is 2.14 bits per heavy atom. The summed E-state index contributed by atoms with van der Waals surface area (Å²) in [5.74, 6) is -0.267. The number of aryl methyl sites for hydroxylation is 2. The van der Waals surface area contributed by atoms with Gasteiger partial charge in [-0.2, -0.15) is 0 Å². The number of hydrogen-bond donors (Lipinski definition) is 1. The normalized spacial score (nSPS) is 14.4. The number of carbonyl (C=O) groups is 2. The molecule has 4 nitrogen and oxygen atoms in total. The molecule has 1 saturated carbocycles. The molecule has 4 rings (SSSR count). The predicted octanol–water partition coefficient (Wildman–Crippen LogP) is 6.85. The van der Waals surface area contributed by atoms with Crippen molar-refractivity contribution in [2.45, 2.75) is 71.0 Å². The molecule has 1 unspecified atom stereocenters. The Morgan fingerprint density at radius 2 is 1.51 bits per heavy atom. The van der Waals surface area contributed by atoms with E-state index < -0.39 is 6.04 Å². The summed E-state index contributed by atoms with van der Waals surface area (Å²) in [6, 6.07) is 20.7. The zero-order valence-electron chi connectivity index (χ0n) is 21.5. The van der Waals surface area contributed by atoms with Gasteiger partial charge in [0.25, 0.3) is 0 Å². The van der Waals surface area contributed by atoms with Crippen LogP contribution in [0.15, 0.2) is 66.7 Å². The lowest BCUT2D eigenvalue weighted by atomic mass is 10.00. The van der Waals surface area contributed by atoms with E-state index in [1.54, 1.807) is 23.1 Å². The van der Waals surface area contributed by atoms with Crippen molar-refractivity contribution in [3.8, 4) is 0 Å². The molecule has 37 heavy (non-hydrogen) atoms. The highest BCUT2D eigenvalue weighted by atomic mass is 35.5. The lowest BCUT2D eigenvalue weighted by molar-refractivity contribution is -0.141. The van der Waals surface area contributed by atoms with Gasteiger partial charge in [-0.25, -0.2) is 0 Å². The predicted molar refractivity (Wildman–Crippen MR) is 151 cm³/mol. The first-order valence-corrected chi connectivity index (χ1v) is 13.7. The van der Waals surface area contributed by atoms with Crippen LogP contribution in [0.5, 0.6) is 0 Å². The van der Waals surface area contributed by atoms with Crippen LogP contribution >= 0.6 is 23.2 Å². The number of halogens is 2. The minimum atomic E-state index is -0.700. The molecule has 3 aromatic carbocycles. The summed E-state index contributed by atoms with van der Waals surface area (Å²) in [7, 11) is 0. The summed E-state index contributed by atoms with van der Waals surface area (Å²) in [5, 5.41) is 4.19. The number of nitrogens with zero attached hydrogens (tertiary/aromatic N) is 1. The lowest BCUT2D eigenvalue weighted by Gasteiger charge is -2.33. The maximum atomic E-state index is 14.0. The van der Waals surface area contributed by atoms with E-state index in [4.69, 9.17) is 23.2 Å². The molecular weight excluding hydrogens is 503 g/mol. The lowest BCUT2D eigenvalue weighted by Crippen LogP contribution is -2.52. The minimum absolute atomic E-state index is 0.132. The molecule has 0 heterocycles. The Balaban J connectivity index is 1.71. The van der Waals surface area contributed by atoms with Crippen molar-refractivity contribution in [3.05, 3.63) is 105 Å². The molecular formula is C31H34Cl2N2O2. The van der Waals surface area contributed by atoms with E-state index in [-0.39, 0.29) is 30.8 Å². The monoisotopic (exact) mass is 536 g/mol. The third-order valence-electron chi connectivity index (χ3n) is 7.00. The standard InChI is InChI=1S/C31H34Cl2N2O2/c1-21-15-22(2)17-24(16-21)19-30(36)35(20-26-27(32)13-8-14-28(26)33)29(18-23-9-4-3-5-10-23)31(37)34-25-11-6-7-12-25/h3-5,8-10,13-17,25,29H,6-7,11-12,18-20H2,1-2H3,(H,34,37). The van der Waals surface area contributed by atoms with Gasteiger partial charge in [0, 0.05) is 34.6 Å². The van der Waals surface area contributed by atoms with E-state index in [1.807, 2.05) is 56.3 Å². The topological polar surface area (TPSA) is 49.4 Å². The highest BCUT2D eigenvalue weighted by molar-refractivity contribution is 6.36. The largest absolute Gasteiger partial charge is 0.352 e. The van der Waals surface area contributed by atoms with E-state index in [0.717, 1.165) is 47.9 Å². The molecule has 194 valence electrons. The second-order valence-electron chi connectivity index (χ2n) is 10.1. The van der Waals surface area contributed by atoms with Crippen LogP contribution < -0.4 is 5.32 Å². The molecule has 0 bridgehead atoms. The molecule has 0 radical (unpaired) electrons. The summed E-state index contributed by atoms with van der Waals surface area (Å²) in [4.78, 5) is 29.5. The average Bonchev–Trinajstić information content (AvgIpc) is 3.36. The van der Waals surface area contributed by atoms with Crippen LogP contribution in [0.1, 0.15) is 53.5 Å². The van der Waals surface area contributed by atoms with Gasteiger partial charge in [-0.15, -0.1) is 0 Å². The first-order chi connectivity index (χ1) is 17.8. The summed E-state index contributed by atoms with van der Waals surface area (Å²) < 4.78 is 0. The molecule has 0 aliphatic heterocycles. The molecule has 6 heteroatoms. The van der Waals surface area contributed by atoms with E-state index in [1.165, 1.54) is 0 Å². The fourth-order valence-corrected chi connectivity index (χ4v) is 5.74. The van der Waals surface area contributed by atoms with Crippen LogP contribution in [-0.4, -0.2) is 28.8 Å². The van der Waals surface area contributed by atoms with Crippen molar-refractivity contribution in [3.63, 3.8) is 0 Å². The van der Waals surface area contributed by atoms with Crippen LogP contribution in [0.4, 0.5) is 0 Å². The van der Waals surface area contributed by atoms with Gasteiger partial charge in [-0.1, -0.05) is 102 Å². The number of hydrogen-bond acceptors (Lipinski definition) is 2. The van der Waals surface area contributed by atoms with Gasteiger partial charge in [-0.05, 0) is 49.9 Å². The molecule has 1 fully saturated rings. The summed E-state index contributed by atoms with van der Waals surface area (Å²) in [6.07, 6.45) is 4.75. The van der Waals surface area contributed by atoms with Gasteiger partial charge in [0.05, 0.1) is 6.42 Å². The van der Waals surface area contributed by atoms with Crippen molar-refractivity contribution in [1.82, 2.24) is 10.2 Å². The van der Waals surface area contributed by atoms with Crippen molar-refractivity contribution < 1.29 is 9.59 Å². The Kier molecular flexibility index (Phi) is 9.28. The van der Waals surface area contributed by atoms with Crippen molar-refractivity contribution in [2.24, 2.45) is 0 Å². The van der Waals surface area contributed by atoms with Crippen molar-refractivity contribution in [1.29, 1.82) is 0 Å². The Labute approximate surface area is 230 Å². The quantitative estimate of drug-likeness (QED) is 0.325. The van der Waals surface area contributed by atoms with Crippen LogP contribution in [0.25, 0.3) is 0 Å². The van der Waals surface area contributed by atoms with Crippen LogP contribution in [0, 0.1) is 13.8 Å². The van der Waals surface area contributed by atoms with Crippen molar-refractivity contribution >= 4 is 35.0 Å². The van der Waals surface area contributed by atoms with Crippen LogP contribution in [0.2, 0.25) is 10.0 Å². The Morgan fingerprint density at radius 1 is 0.892 bits per heavy atom. The van der Waals surface area contributed by atoms with Gasteiger partial charge < -0.3 is 10.2 Å². The third-order valence-corrected chi connectivity index (χ3v) is 7.71. The number of nitrogens with one attached hydrogen (secondary N) is 1. The first-order valence-electron chi connectivity index (χ1n) is 12.9. The van der Waals surface area contributed by atoms with Gasteiger partial charge in [0.15, 0.2) is 0 Å². The Bertz CT molecular complexity index is 1200. The molecule has 2 amide bonds. The van der Waals surface area contributed by atoms with Crippen LogP contribution in [0.3, 0.4) is 0 Å². The molecule has 3 aromatic rings. The number of rotatable bonds is 9. The van der Waals surface area contributed by atoms with E-state index in [9.17, 15) is 9.59 Å². The maximum absolute atomic E-state index is 14.0. The van der Waals surface area contributed by atoms with E-state index in [2.05, 4.69) is 11.4 Å².